The molecule has 22 heavy (non-hydrogen) atoms. The van der Waals surface area contributed by atoms with Crippen LogP contribution in [0.15, 0.2) is 54.6 Å². The van der Waals surface area contributed by atoms with Gasteiger partial charge in [0.25, 0.3) is 0 Å². The summed E-state index contributed by atoms with van der Waals surface area (Å²) in [5, 5.41) is 11.7. The summed E-state index contributed by atoms with van der Waals surface area (Å²) in [4.78, 5) is 23.4. The molecule has 4 nitrogen and oxygen atoms in total. The molecule has 2 aromatic carbocycles. The molecule has 4 heteroatoms. The highest BCUT2D eigenvalue weighted by molar-refractivity contribution is 5.96. The van der Waals surface area contributed by atoms with Crippen molar-refractivity contribution in [3.8, 4) is 0 Å². The highest BCUT2D eigenvalue weighted by Crippen LogP contribution is 2.26. The van der Waals surface area contributed by atoms with Gasteiger partial charge in [-0.3, -0.25) is 4.79 Å². The number of rotatable bonds is 5. The van der Waals surface area contributed by atoms with Crippen molar-refractivity contribution in [3.63, 3.8) is 0 Å². The van der Waals surface area contributed by atoms with Crippen LogP contribution in [0, 0.1) is 5.92 Å². The monoisotopic (exact) mass is 297 g/mol. The number of carbonyl (C=O) groups is 2. The summed E-state index contributed by atoms with van der Waals surface area (Å²) in [5.74, 6) is -1.17. The Kier molecular flexibility index (Phi) is 4.94. The molecule has 1 atom stereocenters. The first-order valence-electron chi connectivity index (χ1n) is 7.18. The molecule has 2 rings (SSSR count). The van der Waals surface area contributed by atoms with E-state index < -0.39 is 5.97 Å². The van der Waals surface area contributed by atoms with Gasteiger partial charge in [0.15, 0.2) is 0 Å². The minimum atomic E-state index is -0.984. The van der Waals surface area contributed by atoms with Crippen LogP contribution in [0.4, 0.5) is 5.69 Å². The highest BCUT2D eigenvalue weighted by Gasteiger charge is 2.24. The highest BCUT2D eigenvalue weighted by atomic mass is 16.4. The van der Waals surface area contributed by atoms with Gasteiger partial charge in [-0.2, -0.15) is 0 Å². The number of hydrogen-bond acceptors (Lipinski definition) is 2. The van der Waals surface area contributed by atoms with Gasteiger partial charge in [-0.1, -0.05) is 44.2 Å². The standard InChI is InChI=1S/C18H19NO3/c1-12(2)16(13-6-4-3-5-7-13)17(20)19-15-10-8-14(9-11-15)18(21)22/h3-12,16H,1-2H3,(H,19,20)(H,21,22)/t16-/m1/s1. The first-order valence-corrected chi connectivity index (χ1v) is 7.18. The minimum absolute atomic E-state index is 0.0933. The van der Waals surface area contributed by atoms with E-state index in [1.165, 1.54) is 12.1 Å². The fourth-order valence-electron chi connectivity index (χ4n) is 2.42. The Bertz CT molecular complexity index is 648. The van der Waals surface area contributed by atoms with Crippen molar-refractivity contribution in [1.29, 1.82) is 0 Å². The zero-order valence-electron chi connectivity index (χ0n) is 12.6. The first kappa shape index (κ1) is 15.8. The van der Waals surface area contributed by atoms with E-state index in [-0.39, 0.29) is 23.3 Å². The fourth-order valence-corrected chi connectivity index (χ4v) is 2.42. The molecule has 0 spiro atoms. The topological polar surface area (TPSA) is 66.4 Å². The van der Waals surface area contributed by atoms with Gasteiger partial charge >= 0.3 is 5.97 Å². The summed E-state index contributed by atoms with van der Waals surface area (Å²) in [5.41, 5.74) is 1.76. The molecule has 0 aliphatic rings. The summed E-state index contributed by atoms with van der Waals surface area (Å²) in [6.07, 6.45) is 0. The van der Waals surface area contributed by atoms with Crippen LogP contribution in [0.5, 0.6) is 0 Å². The van der Waals surface area contributed by atoms with Crippen LogP contribution < -0.4 is 5.32 Å². The Balaban J connectivity index is 2.16. The van der Waals surface area contributed by atoms with Crippen LogP contribution in [-0.2, 0) is 4.79 Å². The molecule has 0 aliphatic carbocycles. The second-order valence-electron chi connectivity index (χ2n) is 5.50. The molecule has 1 amide bonds. The lowest BCUT2D eigenvalue weighted by Crippen LogP contribution is -2.25. The van der Waals surface area contributed by atoms with Crippen LogP contribution >= 0.6 is 0 Å². The number of hydrogen-bond donors (Lipinski definition) is 2. The fraction of sp³-hybridized carbons (Fsp3) is 0.222. The van der Waals surface area contributed by atoms with Gasteiger partial charge in [0.2, 0.25) is 5.91 Å². The molecule has 0 radical (unpaired) electrons. The number of amides is 1. The molecule has 0 bridgehead atoms. The number of benzene rings is 2. The van der Waals surface area contributed by atoms with Gasteiger partial charge in [0.05, 0.1) is 11.5 Å². The van der Waals surface area contributed by atoms with E-state index in [4.69, 9.17) is 5.11 Å². The molecule has 114 valence electrons. The van der Waals surface area contributed by atoms with Crippen molar-refractivity contribution in [2.45, 2.75) is 19.8 Å². The lowest BCUT2D eigenvalue weighted by Gasteiger charge is -2.20. The van der Waals surface area contributed by atoms with E-state index in [0.29, 0.717) is 5.69 Å². The quantitative estimate of drug-likeness (QED) is 0.883. The lowest BCUT2D eigenvalue weighted by atomic mass is 9.87. The first-order chi connectivity index (χ1) is 10.5. The van der Waals surface area contributed by atoms with Gasteiger partial charge in [-0.05, 0) is 35.7 Å². The molecule has 0 aromatic heterocycles. The molecule has 0 unspecified atom stereocenters. The molecule has 0 aliphatic heterocycles. The molecule has 0 saturated heterocycles. The molecule has 2 aromatic rings. The number of anilines is 1. The summed E-state index contributed by atoms with van der Waals surface area (Å²) < 4.78 is 0. The molecule has 2 N–H and O–H groups in total. The van der Waals surface area contributed by atoms with Crippen molar-refractivity contribution in [2.75, 3.05) is 5.32 Å². The SMILES string of the molecule is CC(C)[C@@H](C(=O)Nc1ccc(C(=O)O)cc1)c1ccccc1. The molecule has 0 heterocycles. The molecular formula is C18H19NO3. The van der Waals surface area contributed by atoms with E-state index in [1.54, 1.807) is 12.1 Å². The summed E-state index contributed by atoms with van der Waals surface area (Å²) in [7, 11) is 0. The maximum Gasteiger partial charge on any atom is 0.335 e. The van der Waals surface area contributed by atoms with Crippen molar-refractivity contribution in [1.82, 2.24) is 0 Å². The predicted octanol–water partition coefficient (Wildman–Crippen LogP) is 3.76. The smallest absolute Gasteiger partial charge is 0.335 e. The Morgan fingerprint density at radius 1 is 0.955 bits per heavy atom. The van der Waals surface area contributed by atoms with Crippen LogP contribution in [0.1, 0.15) is 35.7 Å². The van der Waals surface area contributed by atoms with Gasteiger partial charge < -0.3 is 10.4 Å². The largest absolute Gasteiger partial charge is 0.478 e. The van der Waals surface area contributed by atoms with Gasteiger partial charge in [-0.25, -0.2) is 4.79 Å². The third-order valence-electron chi connectivity index (χ3n) is 3.51. The van der Waals surface area contributed by atoms with Crippen LogP contribution in [-0.4, -0.2) is 17.0 Å². The second kappa shape index (κ2) is 6.89. The van der Waals surface area contributed by atoms with E-state index >= 15 is 0 Å². The predicted molar refractivity (Wildman–Crippen MR) is 86.1 cm³/mol. The average molecular weight is 297 g/mol. The summed E-state index contributed by atoms with van der Waals surface area (Å²) in [6.45, 7) is 4.01. The maximum atomic E-state index is 12.5. The number of nitrogens with one attached hydrogen (secondary N) is 1. The number of carbonyl (C=O) groups excluding carboxylic acids is 1. The maximum absolute atomic E-state index is 12.5. The summed E-state index contributed by atoms with van der Waals surface area (Å²) >= 11 is 0. The van der Waals surface area contributed by atoms with Crippen molar-refractivity contribution < 1.29 is 14.7 Å². The minimum Gasteiger partial charge on any atom is -0.478 e. The number of carboxylic acid groups (broad SMARTS) is 1. The second-order valence-corrected chi connectivity index (χ2v) is 5.50. The van der Waals surface area contributed by atoms with Crippen LogP contribution in [0.25, 0.3) is 0 Å². The Morgan fingerprint density at radius 3 is 2.05 bits per heavy atom. The van der Waals surface area contributed by atoms with Crippen molar-refractivity contribution >= 4 is 17.6 Å². The van der Waals surface area contributed by atoms with Gasteiger partial charge in [0.1, 0.15) is 0 Å². The number of aromatic carboxylic acids is 1. The third kappa shape index (κ3) is 3.73. The zero-order chi connectivity index (χ0) is 16.1. The average Bonchev–Trinajstić information content (AvgIpc) is 2.48. The number of carboxylic acids is 1. The normalized spacial score (nSPS) is 12.0. The molecule has 0 saturated carbocycles. The zero-order valence-corrected chi connectivity index (χ0v) is 12.6. The van der Waals surface area contributed by atoms with E-state index in [1.807, 2.05) is 44.2 Å². The van der Waals surface area contributed by atoms with Crippen LogP contribution in [0.3, 0.4) is 0 Å². The van der Waals surface area contributed by atoms with E-state index in [2.05, 4.69) is 5.32 Å². The van der Waals surface area contributed by atoms with E-state index in [0.717, 1.165) is 5.56 Å². The molecule has 0 fully saturated rings. The van der Waals surface area contributed by atoms with Crippen molar-refractivity contribution in [3.05, 3.63) is 65.7 Å². The van der Waals surface area contributed by atoms with Gasteiger partial charge in [-0.15, -0.1) is 0 Å². The summed E-state index contributed by atoms with van der Waals surface area (Å²) in [6, 6.07) is 15.8. The van der Waals surface area contributed by atoms with E-state index in [9.17, 15) is 9.59 Å². The Morgan fingerprint density at radius 2 is 1.55 bits per heavy atom. The van der Waals surface area contributed by atoms with Gasteiger partial charge in [0, 0.05) is 5.69 Å². The van der Waals surface area contributed by atoms with Crippen LogP contribution in [0.2, 0.25) is 0 Å². The Labute approximate surface area is 129 Å². The third-order valence-corrected chi connectivity index (χ3v) is 3.51. The molecular weight excluding hydrogens is 278 g/mol. The lowest BCUT2D eigenvalue weighted by molar-refractivity contribution is -0.118. The van der Waals surface area contributed by atoms with Crippen molar-refractivity contribution in [2.24, 2.45) is 5.92 Å². The Hall–Kier alpha value is -2.62.